The van der Waals surface area contributed by atoms with Gasteiger partial charge in [0.1, 0.15) is 5.60 Å². The summed E-state index contributed by atoms with van der Waals surface area (Å²) in [5.74, 6) is -2.94. The molecule has 1 aromatic carbocycles. The van der Waals surface area contributed by atoms with Crippen LogP contribution in [0.2, 0.25) is 0 Å². The number of methoxy groups -OCH3 is 3. The summed E-state index contributed by atoms with van der Waals surface area (Å²) in [5, 5.41) is 0. The van der Waals surface area contributed by atoms with Gasteiger partial charge < -0.3 is 18.9 Å². The van der Waals surface area contributed by atoms with Crippen LogP contribution in [0.3, 0.4) is 0 Å². The summed E-state index contributed by atoms with van der Waals surface area (Å²) in [5.41, 5.74) is -0.935. The summed E-state index contributed by atoms with van der Waals surface area (Å²) in [6, 6.07) is 7.44. The molecule has 7 nitrogen and oxygen atoms in total. The van der Waals surface area contributed by atoms with Crippen LogP contribution in [-0.4, -0.2) is 45.8 Å². The largest absolute Gasteiger partial charge is 0.468 e. The van der Waals surface area contributed by atoms with Crippen molar-refractivity contribution in [2.45, 2.75) is 24.4 Å². The van der Waals surface area contributed by atoms with Crippen LogP contribution in [0.15, 0.2) is 48.1 Å². The molecule has 0 amide bonds. The molecular weight excluding hydrogens is 388 g/mol. The zero-order valence-electron chi connectivity index (χ0n) is 17.2. The Morgan fingerprint density at radius 1 is 1.03 bits per heavy atom. The highest BCUT2D eigenvalue weighted by Crippen LogP contribution is 2.58. The second-order valence-electron chi connectivity index (χ2n) is 7.70. The van der Waals surface area contributed by atoms with Crippen LogP contribution in [0.25, 0.3) is 0 Å². The van der Waals surface area contributed by atoms with Crippen LogP contribution < -0.4 is 0 Å². The number of hydrogen-bond donors (Lipinski definition) is 0. The maximum absolute atomic E-state index is 13.1. The fourth-order valence-corrected chi connectivity index (χ4v) is 5.23. The van der Waals surface area contributed by atoms with E-state index in [1.165, 1.54) is 21.3 Å². The number of rotatable bonds is 3. The van der Waals surface area contributed by atoms with E-state index < -0.39 is 34.8 Å². The van der Waals surface area contributed by atoms with Crippen LogP contribution in [0.1, 0.15) is 29.9 Å². The predicted molar refractivity (Wildman–Crippen MR) is 105 cm³/mol. The monoisotopic (exact) mass is 412 g/mol. The van der Waals surface area contributed by atoms with Gasteiger partial charge in [-0.3, -0.25) is 9.59 Å². The molecule has 30 heavy (non-hydrogen) atoms. The van der Waals surface area contributed by atoms with E-state index >= 15 is 0 Å². The summed E-state index contributed by atoms with van der Waals surface area (Å²) in [4.78, 5) is 39.2. The number of fused-ring (bicyclic) bond motifs is 2. The van der Waals surface area contributed by atoms with Gasteiger partial charge in [-0.2, -0.15) is 0 Å². The maximum Gasteiger partial charge on any atom is 0.336 e. The summed E-state index contributed by atoms with van der Waals surface area (Å²) in [7, 11) is 3.78. The Balaban J connectivity index is 2.11. The van der Waals surface area contributed by atoms with Gasteiger partial charge in [-0.1, -0.05) is 42.5 Å². The molecule has 0 aromatic heterocycles. The number of allylic oxidation sites excluding steroid dienone is 2. The molecule has 3 aliphatic carbocycles. The fraction of sp³-hybridized carbons (Fsp3) is 0.435. The molecule has 1 fully saturated rings. The van der Waals surface area contributed by atoms with Gasteiger partial charge in [-0.15, -0.1) is 0 Å². The van der Waals surface area contributed by atoms with Crippen molar-refractivity contribution in [3.63, 3.8) is 0 Å². The Labute approximate surface area is 174 Å². The first-order valence-corrected chi connectivity index (χ1v) is 9.84. The molecule has 1 spiro atoms. The molecule has 3 atom stereocenters. The number of benzene rings is 1. The average Bonchev–Trinajstić information content (AvgIpc) is 3.22. The van der Waals surface area contributed by atoms with Gasteiger partial charge in [0.2, 0.25) is 0 Å². The van der Waals surface area contributed by atoms with E-state index in [-0.39, 0.29) is 12.3 Å². The van der Waals surface area contributed by atoms with E-state index in [4.69, 9.17) is 18.9 Å². The molecular formula is C23H24O7. The summed E-state index contributed by atoms with van der Waals surface area (Å²) in [6.07, 6.45) is 6.13. The van der Waals surface area contributed by atoms with Gasteiger partial charge in [-0.25, -0.2) is 4.79 Å². The van der Waals surface area contributed by atoms with Gasteiger partial charge in [0.15, 0.2) is 5.41 Å². The number of ether oxygens (including phenoxy) is 4. The van der Waals surface area contributed by atoms with Crippen molar-refractivity contribution < 1.29 is 33.3 Å². The second kappa shape index (κ2) is 7.40. The molecule has 5 rings (SSSR count). The van der Waals surface area contributed by atoms with E-state index in [0.717, 1.165) is 11.1 Å². The lowest BCUT2D eigenvalue weighted by Gasteiger charge is -2.43. The van der Waals surface area contributed by atoms with Crippen molar-refractivity contribution in [2.24, 2.45) is 11.3 Å². The molecule has 1 heterocycles. The Bertz CT molecular complexity index is 944. The predicted octanol–water partition coefficient (Wildman–Crippen LogP) is 2.41. The molecule has 7 heteroatoms. The van der Waals surface area contributed by atoms with Gasteiger partial charge in [0, 0.05) is 18.4 Å². The third-order valence-corrected chi connectivity index (χ3v) is 6.55. The first kappa shape index (κ1) is 20.3. The van der Waals surface area contributed by atoms with Crippen LogP contribution in [0.5, 0.6) is 0 Å². The van der Waals surface area contributed by atoms with E-state index in [1.807, 2.05) is 30.3 Å². The molecule has 2 bridgehead atoms. The molecule has 1 aromatic rings. The van der Waals surface area contributed by atoms with E-state index in [9.17, 15) is 14.4 Å². The highest BCUT2D eigenvalue weighted by molar-refractivity contribution is 6.03. The Morgan fingerprint density at radius 3 is 2.40 bits per heavy atom. The molecule has 158 valence electrons. The minimum absolute atomic E-state index is 0.0723. The van der Waals surface area contributed by atoms with Crippen LogP contribution >= 0.6 is 0 Å². The molecule has 0 saturated carbocycles. The minimum Gasteiger partial charge on any atom is -0.468 e. The number of hydrogen-bond acceptors (Lipinski definition) is 7. The van der Waals surface area contributed by atoms with Crippen molar-refractivity contribution in [1.29, 1.82) is 0 Å². The van der Waals surface area contributed by atoms with Gasteiger partial charge in [0.05, 0.1) is 26.9 Å². The van der Waals surface area contributed by atoms with Crippen LogP contribution in [-0.2, 0) is 38.9 Å². The molecule has 1 saturated heterocycles. The summed E-state index contributed by atoms with van der Waals surface area (Å²) in [6.45, 7) is 0.474. The van der Waals surface area contributed by atoms with Crippen molar-refractivity contribution >= 4 is 17.9 Å². The summed E-state index contributed by atoms with van der Waals surface area (Å²) >= 11 is 0. The Morgan fingerprint density at radius 2 is 1.73 bits per heavy atom. The SMILES string of the molecule is COC(=O)C1=C[C@@H]2c3ccccc3[C@]13OCC[C@@H]3/C=C\CC2(C(=O)OC)C(=O)OC. The fourth-order valence-electron chi connectivity index (χ4n) is 5.23. The molecule has 1 aliphatic heterocycles. The van der Waals surface area contributed by atoms with Crippen LogP contribution in [0.4, 0.5) is 0 Å². The van der Waals surface area contributed by atoms with Gasteiger partial charge >= 0.3 is 17.9 Å². The zero-order chi connectivity index (χ0) is 21.5. The topological polar surface area (TPSA) is 88.1 Å². The van der Waals surface area contributed by atoms with Crippen molar-refractivity contribution in [2.75, 3.05) is 27.9 Å². The van der Waals surface area contributed by atoms with Gasteiger partial charge in [0.25, 0.3) is 0 Å². The third kappa shape index (κ3) is 2.51. The highest BCUT2D eigenvalue weighted by atomic mass is 16.5. The molecule has 0 radical (unpaired) electrons. The highest BCUT2D eigenvalue weighted by Gasteiger charge is 2.61. The number of carbonyl (C=O) groups is 3. The smallest absolute Gasteiger partial charge is 0.336 e. The van der Waals surface area contributed by atoms with E-state index in [1.54, 1.807) is 12.2 Å². The summed E-state index contributed by atoms with van der Waals surface area (Å²) < 4.78 is 21.5. The Kier molecular flexibility index (Phi) is 5.02. The second-order valence-corrected chi connectivity index (χ2v) is 7.70. The van der Waals surface area contributed by atoms with Gasteiger partial charge in [-0.05, 0) is 24.0 Å². The lowest BCUT2D eigenvalue weighted by atomic mass is 9.62. The van der Waals surface area contributed by atoms with Crippen molar-refractivity contribution in [3.8, 4) is 0 Å². The Hall–Kier alpha value is -2.93. The molecule has 0 N–H and O–H groups in total. The zero-order valence-corrected chi connectivity index (χ0v) is 17.2. The number of esters is 3. The first-order chi connectivity index (χ1) is 14.5. The normalized spacial score (nSPS) is 29.2. The quantitative estimate of drug-likeness (QED) is 0.326. The standard InChI is InChI=1S/C23H24O7/c1-27-19(24)18-13-17-15-8-4-5-9-16(15)23(18)14(10-12-30-23)7-6-11-22(17,20(25)28-2)21(26)29-3/h4-9,13-14,17H,10-12H2,1-3H3/b7-6-/t14-,17+,23-/m0/s1. The first-order valence-electron chi connectivity index (χ1n) is 9.84. The molecule has 0 unspecified atom stereocenters. The average molecular weight is 412 g/mol. The molecule has 4 aliphatic rings. The van der Waals surface area contributed by atoms with E-state index in [0.29, 0.717) is 18.6 Å². The van der Waals surface area contributed by atoms with E-state index in [2.05, 4.69) is 0 Å². The van der Waals surface area contributed by atoms with Crippen LogP contribution in [0, 0.1) is 11.3 Å². The lowest BCUT2D eigenvalue weighted by Crippen LogP contribution is -2.49. The third-order valence-electron chi connectivity index (χ3n) is 6.55. The number of carbonyl (C=O) groups excluding carboxylic acids is 3. The minimum atomic E-state index is -1.68. The van der Waals surface area contributed by atoms with Crippen molar-refractivity contribution in [3.05, 3.63) is 59.2 Å². The van der Waals surface area contributed by atoms with Crippen molar-refractivity contribution in [1.82, 2.24) is 0 Å². The maximum atomic E-state index is 13.1. The lowest BCUT2D eigenvalue weighted by molar-refractivity contribution is -0.170.